The van der Waals surface area contributed by atoms with Gasteiger partial charge in [-0.25, -0.2) is 0 Å². The zero-order valence-corrected chi connectivity index (χ0v) is 12.8. The summed E-state index contributed by atoms with van der Waals surface area (Å²) in [5.41, 5.74) is 0. The molecule has 0 amide bonds. The van der Waals surface area contributed by atoms with Crippen LogP contribution in [0.1, 0.15) is 73.1 Å². The van der Waals surface area contributed by atoms with E-state index in [0.717, 1.165) is 24.3 Å². The minimum absolute atomic E-state index is 0. The first-order valence-corrected chi connectivity index (χ1v) is 7.68. The van der Waals surface area contributed by atoms with Crippen LogP contribution in [0.4, 0.5) is 0 Å². The van der Waals surface area contributed by atoms with Crippen LogP contribution in [-0.4, -0.2) is 38.8 Å². The van der Waals surface area contributed by atoms with Crippen molar-refractivity contribution in [3.05, 3.63) is 0 Å². The highest BCUT2D eigenvalue weighted by Gasteiger charge is 2.29. The summed E-state index contributed by atoms with van der Waals surface area (Å²) >= 11 is 0. The van der Waals surface area contributed by atoms with Crippen molar-refractivity contribution in [3.63, 3.8) is 0 Å². The lowest BCUT2D eigenvalue weighted by Crippen LogP contribution is -2.51. The first kappa shape index (κ1) is 20.3. The highest BCUT2D eigenvalue weighted by molar-refractivity contribution is 5.75. The largest absolute Gasteiger partial charge is 0.200 e. The van der Waals surface area contributed by atoms with E-state index in [-0.39, 0.29) is 8.41 Å². The predicted molar refractivity (Wildman–Crippen MR) is 87.1 cm³/mol. The third kappa shape index (κ3) is 8.15. The van der Waals surface area contributed by atoms with Crippen LogP contribution in [0.15, 0.2) is 0 Å². The van der Waals surface area contributed by atoms with E-state index in [9.17, 15) is 0 Å². The van der Waals surface area contributed by atoms with E-state index in [1.807, 2.05) is 0 Å². The lowest BCUT2D eigenvalue weighted by molar-refractivity contribution is -1.11. The minimum Gasteiger partial charge on any atom is -0.200 e. The van der Waals surface area contributed by atoms with Crippen LogP contribution in [0.3, 0.4) is 0 Å². The number of nitrogens with zero attached hydrogens (tertiary/aromatic N) is 1. The summed E-state index contributed by atoms with van der Waals surface area (Å²) in [7, 11) is 0. The molecule has 0 rings (SSSR count). The molecule has 0 saturated carbocycles. The van der Waals surface area contributed by atoms with Crippen LogP contribution >= 0.6 is 0 Å². The van der Waals surface area contributed by atoms with Crippen molar-refractivity contribution in [2.75, 3.05) is 19.6 Å². The van der Waals surface area contributed by atoms with Gasteiger partial charge < -0.3 is 0 Å². The molecule has 0 N–H and O–H groups in total. The molecule has 3 heteroatoms. The van der Waals surface area contributed by atoms with E-state index >= 15 is 0 Å². The standard InChI is InChI=1S/C15H34NO.BH4/c1-6-10-11-15(5)17-16(12-7-2,13-8-3)14-9-4;/h15H,6-14H2,1-5H3;1H4/q+1;-1. The maximum Gasteiger partial charge on any atom is 0.114 e. The molecule has 112 valence electrons. The molecule has 18 heavy (non-hydrogen) atoms. The minimum atomic E-state index is 0. The van der Waals surface area contributed by atoms with Crippen LogP contribution in [0.2, 0.25) is 0 Å². The van der Waals surface area contributed by atoms with E-state index < -0.39 is 0 Å². The second-order valence-corrected chi connectivity index (χ2v) is 5.29. The normalized spacial score (nSPS) is 13.2. The van der Waals surface area contributed by atoms with E-state index in [1.165, 1.54) is 38.5 Å². The second kappa shape index (κ2) is 12.0. The van der Waals surface area contributed by atoms with Crippen molar-refractivity contribution in [3.8, 4) is 0 Å². The van der Waals surface area contributed by atoms with E-state index in [4.69, 9.17) is 4.84 Å². The van der Waals surface area contributed by atoms with Crippen LogP contribution in [0.25, 0.3) is 0 Å². The molecule has 0 aromatic heterocycles. The van der Waals surface area contributed by atoms with E-state index in [2.05, 4.69) is 34.6 Å². The summed E-state index contributed by atoms with van der Waals surface area (Å²) in [5, 5.41) is 0. The summed E-state index contributed by atoms with van der Waals surface area (Å²) in [5.74, 6) is 0. The predicted octanol–water partition coefficient (Wildman–Crippen LogP) is 3.09. The zero-order valence-electron chi connectivity index (χ0n) is 12.8. The average molecular weight is 259 g/mol. The van der Waals surface area contributed by atoms with Gasteiger partial charge in [0.25, 0.3) is 0 Å². The summed E-state index contributed by atoms with van der Waals surface area (Å²) in [6, 6.07) is 0. The van der Waals surface area contributed by atoms with Crippen molar-refractivity contribution in [1.82, 2.24) is 0 Å². The Morgan fingerprint density at radius 2 is 1.28 bits per heavy atom. The maximum atomic E-state index is 6.40. The molecule has 0 heterocycles. The molecule has 0 fully saturated rings. The molecule has 0 aromatic rings. The molecule has 1 unspecified atom stereocenters. The molecule has 2 nitrogen and oxygen atoms in total. The Hall–Kier alpha value is -0.0151. The Labute approximate surface area is 117 Å². The van der Waals surface area contributed by atoms with Gasteiger partial charge in [0.15, 0.2) is 0 Å². The van der Waals surface area contributed by atoms with Crippen LogP contribution in [0.5, 0.6) is 0 Å². The van der Waals surface area contributed by atoms with Gasteiger partial charge in [0.2, 0.25) is 0 Å². The molecule has 0 aliphatic carbocycles. The lowest BCUT2D eigenvalue weighted by atomic mass is 10.2. The number of rotatable bonds is 11. The molecule has 0 aromatic carbocycles. The van der Waals surface area contributed by atoms with Crippen LogP contribution in [-0.2, 0) is 4.84 Å². The third-order valence-corrected chi connectivity index (χ3v) is 3.26. The highest BCUT2D eigenvalue weighted by atomic mass is 16.7. The smallest absolute Gasteiger partial charge is 0.114 e. The molecule has 0 aliphatic rings. The van der Waals surface area contributed by atoms with Gasteiger partial charge in [0, 0.05) is 0 Å². The SMILES string of the molecule is CCCCC(C)O[N+](CCC)(CCC)CCC.[BH4-]. The molecular weight excluding hydrogens is 221 g/mol. The summed E-state index contributed by atoms with van der Waals surface area (Å²) < 4.78 is 0.883. The number of hydrogen-bond acceptors (Lipinski definition) is 1. The van der Waals surface area contributed by atoms with Gasteiger partial charge in [-0.3, -0.25) is 0 Å². The zero-order chi connectivity index (χ0) is 13.1. The van der Waals surface area contributed by atoms with Crippen molar-refractivity contribution < 1.29 is 9.48 Å². The van der Waals surface area contributed by atoms with Gasteiger partial charge in [0.05, 0.1) is 0 Å². The Morgan fingerprint density at radius 1 is 0.833 bits per heavy atom. The fourth-order valence-corrected chi connectivity index (χ4v) is 2.64. The monoisotopic (exact) mass is 259 g/mol. The van der Waals surface area contributed by atoms with Gasteiger partial charge in [-0.1, -0.05) is 48.9 Å². The van der Waals surface area contributed by atoms with Crippen molar-refractivity contribution in [2.45, 2.75) is 79.2 Å². The quantitative estimate of drug-likeness (QED) is 0.315. The molecule has 0 bridgehead atoms. The Balaban J connectivity index is 0. The summed E-state index contributed by atoms with van der Waals surface area (Å²) in [4.78, 5) is 6.40. The van der Waals surface area contributed by atoms with Gasteiger partial charge in [-0.15, -0.1) is 0 Å². The molecule has 0 aliphatic heterocycles. The van der Waals surface area contributed by atoms with Crippen LogP contribution < -0.4 is 0 Å². The van der Waals surface area contributed by atoms with Crippen molar-refractivity contribution >= 4 is 8.41 Å². The number of hydrogen-bond donors (Lipinski definition) is 0. The van der Waals surface area contributed by atoms with Gasteiger partial charge in [-0.05, 0) is 32.6 Å². The van der Waals surface area contributed by atoms with E-state index in [0.29, 0.717) is 6.10 Å². The van der Waals surface area contributed by atoms with Crippen molar-refractivity contribution in [1.29, 1.82) is 0 Å². The average Bonchev–Trinajstić information content (AvgIpc) is 2.27. The topological polar surface area (TPSA) is 9.23 Å². The second-order valence-electron chi connectivity index (χ2n) is 5.29. The summed E-state index contributed by atoms with van der Waals surface area (Å²) in [6.07, 6.45) is 7.78. The van der Waals surface area contributed by atoms with Crippen LogP contribution in [0, 0.1) is 0 Å². The number of unbranched alkanes of at least 4 members (excludes halogenated alkanes) is 1. The Morgan fingerprint density at radius 3 is 1.61 bits per heavy atom. The maximum absolute atomic E-state index is 6.40. The molecule has 1 atom stereocenters. The number of quaternary nitrogens is 1. The fourth-order valence-electron chi connectivity index (χ4n) is 2.64. The third-order valence-electron chi connectivity index (χ3n) is 3.26. The van der Waals surface area contributed by atoms with Gasteiger partial charge in [-0.2, -0.15) is 9.48 Å². The van der Waals surface area contributed by atoms with Gasteiger partial charge in [0.1, 0.15) is 25.7 Å². The lowest BCUT2D eigenvalue weighted by Gasteiger charge is -2.37. The Bertz CT molecular complexity index is 159. The van der Waals surface area contributed by atoms with Gasteiger partial charge >= 0.3 is 0 Å². The molecule has 0 saturated heterocycles. The van der Waals surface area contributed by atoms with E-state index in [1.54, 1.807) is 0 Å². The summed E-state index contributed by atoms with van der Waals surface area (Å²) in [6.45, 7) is 14.8. The molecule has 0 spiro atoms. The molecule has 0 radical (unpaired) electrons. The number of hydroxylamine groups is 3. The highest BCUT2D eigenvalue weighted by Crippen LogP contribution is 2.18. The first-order chi connectivity index (χ1) is 8.14. The Kier molecular flexibility index (Phi) is 13.6. The first-order valence-electron chi connectivity index (χ1n) is 7.68. The van der Waals surface area contributed by atoms with Crippen molar-refractivity contribution in [2.24, 2.45) is 0 Å². The molecular formula is C15H38BNO. The fraction of sp³-hybridized carbons (Fsp3) is 1.00.